The van der Waals surface area contributed by atoms with Gasteiger partial charge in [0.1, 0.15) is 0 Å². The molecule has 0 saturated heterocycles. The molecule has 0 fully saturated rings. The highest BCUT2D eigenvalue weighted by molar-refractivity contribution is 7.12. The zero-order valence-electron chi connectivity index (χ0n) is 8.81. The summed E-state index contributed by atoms with van der Waals surface area (Å²) in [6.07, 6.45) is -5.04. The molecule has 0 radical (unpaired) electrons. The van der Waals surface area contributed by atoms with E-state index in [-0.39, 0.29) is 11.3 Å². The Morgan fingerprint density at radius 3 is 2.18 bits per heavy atom. The Labute approximate surface area is 98.1 Å². The molecule has 0 aliphatic carbocycles. The summed E-state index contributed by atoms with van der Waals surface area (Å²) in [5.74, 6) is -3.55. The molecule has 17 heavy (non-hydrogen) atoms. The van der Waals surface area contributed by atoms with Crippen LogP contribution in [0.25, 0.3) is 0 Å². The van der Waals surface area contributed by atoms with Crippen LogP contribution in [-0.2, 0) is 4.79 Å². The number of carboxylic acids is 1. The van der Waals surface area contributed by atoms with Crippen LogP contribution >= 0.6 is 11.3 Å². The van der Waals surface area contributed by atoms with Crippen LogP contribution in [0.15, 0.2) is 0 Å². The quantitative estimate of drug-likeness (QED) is 0.865. The number of hydrogen-bond donors (Lipinski definition) is 2. The van der Waals surface area contributed by atoms with Gasteiger partial charge in [0.25, 0.3) is 0 Å². The van der Waals surface area contributed by atoms with Gasteiger partial charge < -0.3 is 10.4 Å². The predicted molar refractivity (Wildman–Crippen MR) is 55.4 cm³/mol. The molecule has 94 valence electrons. The number of hydrogen-bond acceptors (Lipinski definition) is 3. The molecule has 2 N–H and O–H groups in total. The number of aromatic carboxylic acids is 1. The lowest BCUT2D eigenvalue weighted by Crippen LogP contribution is -2.30. The molecule has 0 atom stereocenters. The van der Waals surface area contributed by atoms with Crippen molar-refractivity contribution in [2.24, 2.45) is 0 Å². The van der Waals surface area contributed by atoms with Gasteiger partial charge in [-0.25, -0.2) is 4.79 Å². The highest BCUT2D eigenvalue weighted by atomic mass is 32.1. The van der Waals surface area contributed by atoms with Gasteiger partial charge in [-0.3, -0.25) is 4.79 Å². The van der Waals surface area contributed by atoms with Gasteiger partial charge in [0, 0.05) is 9.75 Å². The molecule has 1 aromatic rings. The largest absolute Gasteiger partial charge is 0.478 e. The van der Waals surface area contributed by atoms with E-state index in [0.29, 0.717) is 9.75 Å². The van der Waals surface area contributed by atoms with Crippen molar-refractivity contribution in [2.45, 2.75) is 20.0 Å². The lowest BCUT2D eigenvalue weighted by atomic mass is 10.2. The SMILES string of the molecule is Cc1sc(C)c(C(=O)O)c1NC(=O)C(F)(F)F. The van der Waals surface area contributed by atoms with Crippen LogP contribution < -0.4 is 5.32 Å². The topological polar surface area (TPSA) is 66.4 Å². The van der Waals surface area contributed by atoms with Crippen LogP contribution in [0.3, 0.4) is 0 Å². The first kappa shape index (κ1) is 13.5. The molecule has 1 rings (SSSR count). The highest BCUT2D eigenvalue weighted by Crippen LogP contribution is 2.33. The van der Waals surface area contributed by atoms with Gasteiger partial charge in [-0.2, -0.15) is 13.2 Å². The molecule has 8 heteroatoms. The first-order valence-corrected chi connectivity index (χ1v) is 5.17. The molecule has 0 saturated carbocycles. The van der Waals surface area contributed by atoms with Gasteiger partial charge in [-0.1, -0.05) is 0 Å². The number of alkyl halides is 3. The molecular weight excluding hydrogens is 259 g/mol. The number of halogens is 3. The number of aryl methyl sites for hydroxylation is 2. The second kappa shape index (κ2) is 4.36. The Bertz CT molecular complexity index is 479. The van der Waals surface area contributed by atoms with Crippen molar-refractivity contribution >= 4 is 28.9 Å². The Hall–Kier alpha value is -1.57. The maximum Gasteiger partial charge on any atom is 0.471 e. The summed E-state index contributed by atoms with van der Waals surface area (Å²) in [4.78, 5) is 22.3. The van der Waals surface area contributed by atoms with Crippen LogP contribution in [0.2, 0.25) is 0 Å². The maximum absolute atomic E-state index is 12.1. The fraction of sp³-hybridized carbons (Fsp3) is 0.333. The number of amides is 1. The summed E-state index contributed by atoms with van der Waals surface area (Å²) < 4.78 is 36.2. The van der Waals surface area contributed by atoms with Crippen molar-refractivity contribution in [3.8, 4) is 0 Å². The Kier molecular flexibility index (Phi) is 3.46. The first-order chi connectivity index (χ1) is 7.64. The van der Waals surface area contributed by atoms with Crippen molar-refractivity contribution < 1.29 is 27.9 Å². The van der Waals surface area contributed by atoms with Crippen LogP contribution in [-0.4, -0.2) is 23.2 Å². The van der Waals surface area contributed by atoms with Gasteiger partial charge in [0.15, 0.2) is 0 Å². The molecule has 0 spiro atoms. The Morgan fingerprint density at radius 1 is 1.24 bits per heavy atom. The Morgan fingerprint density at radius 2 is 1.76 bits per heavy atom. The van der Waals surface area contributed by atoms with Gasteiger partial charge in [0.05, 0.1) is 11.3 Å². The van der Waals surface area contributed by atoms with E-state index < -0.39 is 18.1 Å². The summed E-state index contributed by atoms with van der Waals surface area (Å²) in [5, 5.41) is 10.4. The number of carboxylic acid groups (broad SMARTS) is 1. The fourth-order valence-electron chi connectivity index (χ4n) is 1.28. The van der Waals surface area contributed by atoms with Crippen molar-refractivity contribution in [3.05, 3.63) is 15.3 Å². The molecule has 1 amide bonds. The third-order valence-corrected chi connectivity index (χ3v) is 2.99. The van der Waals surface area contributed by atoms with Gasteiger partial charge in [0.2, 0.25) is 0 Å². The summed E-state index contributed by atoms with van der Waals surface area (Å²) >= 11 is 1.01. The molecule has 0 unspecified atom stereocenters. The van der Waals surface area contributed by atoms with E-state index in [0.717, 1.165) is 11.3 Å². The van der Waals surface area contributed by atoms with E-state index in [4.69, 9.17) is 5.11 Å². The molecular formula is C9H8F3NO3S. The number of carbonyl (C=O) groups is 2. The average Bonchev–Trinajstić information content (AvgIpc) is 2.39. The van der Waals surface area contributed by atoms with E-state index in [1.165, 1.54) is 13.8 Å². The van der Waals surface area contributed by atoms with E-state index in [9.17, 15) is 22.8 Å². The summed E-state index contributed by atoms with van der Waals surface area (Å²) in [7, 11) is 0. The van der Waals surface area contributed by atoms with E-state index in [1.54, 1.807) is 5.32 Å². The van der Waals surface area contributed by atoms with Crippen LogP contribution in [0.5, 0.6) is 0 Å². The monoisotopic (exact) mass is 267 g/mol. The molecule has 4 nitrogen and oxygen atoms in total. The second-order valence-electron chi connectivity index (χ2n) is 3.22. The number of thiophene rings is 1. The maximum atomic E-state index is 12.1. The predicted octanol–water partition coefficient (Wildman–Crippen LogP) is 2.56. The fourth-order valence-corrected chi connectivity index (χ4v) is 2.28. The van der Waals surface area contributed by atoms with Crippen LogP contribution in [0.1, 0.15) is 20.1 Å². The summed E-state index contributed by atoms with van der Waals surface area (Å²) in [6.45, 7) is 2.90. The standard InChI is InChI=1S/C9H8F3NO3S/c1-3-5(7(14)15)6(4(2)17-3)13-8(16)9(10,11)12/h1-2H3,(H,13,16)(H,14,15). The lowest BCUT2D eigenvalue weighted by Gasteiger charge is -2.08. The zero-order valence-corrected chi connectivity index (χ0v) is 9.62. The first-order valence-electron chi connectivity index (χ1n) is 4.36. The van der Waals surface area contributed by atoms with E-state index >= 15 is 0 Å². The molecule has 0 aromatic carbocycles. The second-order valence-corrected chi connectivity index (χ2v) is 4.65. The number of anilines is 1. The third-order valence-electron chi connectivity index (χ3n) is 1.97. The molecule has 0 bridgehead atoms. The number of rotatable bonds is 2. The molecule has 1 heterocycles. The number of carbonyl (C=O) groups excluding carboxylic acids is 1. The normalized spacial score (nSPS) is 11.4. The van der Waals surface area contributed by atoms with Crippen LogP contribution in [0.4, 0.5) is 18.9 Å². The Balaban J connectivity index is 3.15. The van der Waals surface area contributed by atoms with Gasteiger partial charge in [-0.05, 0) is 13.8 Å². The van der Waals surface area contributed by atoms with E-state index in [2.05, 4.69) is 0 Å². The minimum absolute atomic E-state index is 0.290. The minimum atomic E-state index is -5.04. The summed E-state index contributed by atoms with van der Waals surface area (Å²) in [6, 6.07) is 0. The molecule has 0 aliphatic heterocycles. The van der Waals surface area contributed by atoms with Crippen molar-refractivity contribution in [2.75, 3.05) is 5.32 Å². The van der Waals surface area contributed by atoms with Crippen molar-refractivity contribution in [3.63, 3.8) is 0 Å². The minimum Gasteiger partial charge on any atom is -0.478 e. The molecule has 1 aromatic heterocycles. The zero-order chi connectivity index (χ0) is 13.4. The van der Waals surface area contributed by atoms with Crippen molar-refractivity contribution in [1.82, 2.24) is 0 Å². The third kappa shape index (κ3) is 2.76. The average molecular weight is 267 g/mol. The van der Waals surface area contributed by atoms with Crippen LogP contribution in [0, 0.1) is 13.8 Å². The number of nitrogens with one attached hydrogen (secondary N) is 1. The summed E-state index contributed by atoms with van der Waals surface area (Å²) in [5.41, 5.74) is -0.590. The lowest BCUT2D eigenvalue weighted by molar-refractivity contribution is -0.167. The van der Waals surface area contributed by atoms with Gasteiger partial charge >= 0.3 is 18.1 Å². The molecule has 0 aliphatic rings. The van der Waals surface area contributed by atoms with E-state index in [1.807, 2.05) is 0 Å². The smallest absolute Gasteiger partial charge is 0.471 e. The highest BCUT2D eigenvalue weighted by Gasteiger charge is 2.39. The van der Waals surface area contributed by atoms with Crippen molar-refractivity contribution in [1.29, 1.82) is 0 Å². The van der Waals surface area contributed by atoms with Gasteiger partial charge in [-0.15, -0.1) is 11.3 Å².